The summed E-state index contributed by atoms with van der Waals surface area (Å²) < 4.78 is 0. The minimum atomic E-state index is -0.255. The second-order valence-corrected chi connectivity index (χ2v) is 5.12. The maximum Gasteiger partial charge on any atom is 0.248 e. The monoisotopic (exact) mass is 305 g/mol. The second kappa shape index (κ2) is 6.60. The van der Waals surface area contributed by atoms with Gasteiger partial charge in [-0.3, -0.25) is 4.79 Å². The van der Waals surface area contributed by atoms with Crippen molar-refractivity contribution in [2.45, 2.75) is 6.92 Å². The van der Waals surface area contributed by atoms with Gasteiger partial charge in [0.25, 0.3) is 0 Å². The lowest BCUT2D eigenvalue weighted by Crippen LogP contribution is -2.08. The molecule has 0 radical (unpaired) electrons. The van der Waals surface area contributed by atoms with Crippen LogP contribution >= 0.6 is 23.2 Å². The van der Waals surface area contributed by atoms with Crippen molar-refractivity contribution >= 4 is 40.9 Å². The highest BCUT2D eigenvalue weighted by Gasteiger charge is 2.05. The fourth-order valence-corrected chi connectivity index (χ4v) is 1.97. The van der Waals surface area contributed by atoms with Crippen LogP contribution in [-0.4, -0.2) is 5.91 Å². The Morgan fingerprint density at radius 3 is 2.50 bits per heavy atom. The van der Waals surface area contributed by atoms with Gasteiger partial charge in [-0.15, -0.1) is 0 Å². The number of hydrogen-bond donors (Lipinski definition) is 1. The maximum absolute atomic E-state index is 11.8. The van der Waals surface area contributed by atoms with Gasteiger partial charge in [-0.05, 0) is 30.7 Å². The zero-order valence-electron chi connectivity index (χ0n) is 10.9. The van der Waals surface area contributed by atoms with E-state index in [1.807, 2.05) is 31.2 Å². The molecule has 0 atom stereocenters. The highest BCUT2D eigenvalue weighted by atomic mass is 35.5. The summed E-state index contributed by atoms with van der Waals surface area (Å²) in [6, 6.07) is 13.0. The van der Waals surface area contributed by atoms with Crippen LogP contribution in [0.2, 0.25) is 10.0 Å². The number of nitrogens with one attached hydrogen (secondary N) is 1. The largest absolute Gasteiger partial charge is 0.321 e. The first-order chi connectivity index (χ1) is 9.56. The summed E-state index contributed by atoms with van der Waals surface area (Å²) in [7, 11) is 0. The van der Waals surface area contributed by atoms with E-state index in [-0.39, 0.29) is 5.91 Å². The van der Waals surface area contributed by atoms with E-state index < -0.39 is 0 Å². The molecule has 2 rings (SSSR count). The molecule has 0 saturated heterocycles. The van der Waals surface area contributed by atoms with E-state index in [1.54, 1.807) is 24.3 Å². The topological polar surface area (TPSA) is 29.1 Å². The van der Waals surface area contributed by atoms with Gasteiger partial charge in [0, 0.05) is 6.08 Å². The molecule has 0 spiro atoms. The van der Waals surface area contributed by atoms with Gasteiger partial charge >= 0.3 is 0 Å². The number of hydrogen-bond acceptors (Lipinski definition) is 1. The van der Waals surface area contributed by atoms with Crippen molar-refractivity contribution in [1.29, 1.82) is 0 Å². The summed E-state index contributed by atoms with van der Waals surface area (Å²) >= 11 is 11.9. The Morgan fingerprint density at radius 1 is 1.10 bits per heavy atom. The molecule has 0 aliphatic carbocycles. The third-order valence-corrected chi connectivity index (χ3v) is 3.53. The molecule has 102 valence electrons. The molecule has 0 saturated carbocycles. The average Bonchev–Trinajstić information content (AvgIpc) is 2.43. The Labute approximate surface area is 128 Å². The molecular formula is C16H13Cl2NO. The molecule has 0 aliphatic rings. The van der Waals surface area contributed by atoms with Gasteiger partial charge in [0.05, 0.1) is 15.7 Å². The van der Waals surface area contributed by atoms with Gasteiger partial charge < -0.3 is 5.32 Å². The Kier molecular flexibility index (Phi) is 4.83. The molecule has 2 aromatic carbocycles. The summed E-state index contributed by atoms with van der Waals surface area (Å²) in [6.45, 7) is 2.02. The van der Waals surface area contributed by atoms with Crippen LogP contribution in [-0.2, 0) is 4.79 Å². The molecule has 0 heterocycles. The predicted molar refractivity (Wildman–Crippen MR) is 85.3 cm³/mol. The van der Waals surface area contributed by atoms with Crippen LogP contribution in [0.25, 0.3) is 6.08 Å². The molecule has 0 unspecified atom stereocenters. The van der Waals surface area contributed by atoms with Crippen molar-refractivity contribution in [3.63, 3.8) is 0 Å². The van der Waals surface area contributed by atoms with Crippen LogP contribution in [0.5, 0.6) is 0 Å². The fourth-order valence-electron chi connectivity index (χ4n) is 1.62. The molecule has 0 bridgehead atoms. The standard InChI is InChI=1S/C16H13Cl2NO/c1-11-5-7-12(8-6-11)9-10-15(20)19-14-4-2-3-13(17)16(14)18/h2-10H,1H3,(H,19,20)/b10-9+. The molecule has 0 fully saturated rings. The van der Waals surface area contributed by atoms with E-state index in [0.29, 0.717) is 15.7 Å². The lowest BCUT2D eigenvalue weighted by atomic mass is 10.1. The first-order valence-electron chi connectivity index (χ1n) is 6.06. The second-order valence-electron chi connectivity index (χ2n) is 4.33. The van der Waals surface area contributed by atoms with Crippen molar-refractivity contribution < 1.29 is 4.79 Å². The first-order valence-corrected chi connectivity index (χ1v) is 6.81. The van der Waals surface area contributed by atoms with E-state index >= 15 is 0 Å². The Balaban J connectivity index is 2.05. The van der Waals surface area contributed by atoms with E-state index in [0.717, 1.165) is 5.56 Å². The number of amides is 1. The molecular weight excluding hydrogens is 293 g/mol. The van der Waals surface area contributed by atoms with Crippen molar-refractivity contribution in [1.82, 2.24) is 0 Å². The normalized spacial score (nSPS) is 10.8. The predicted octanol–water partition coefficient (Wildman–Crippen LogP) is 4.95. The molecule has 4 heteroatoms. The zero-order valence-corrected chi connectivity index (χ0v) is 12.4. The first kappa shape index (κ1) is 14.6. The van der Waals surface area contributed by atoms with Crippen LogP contribution < -0.4 is 5.32 Å². The number of aryl methyl sites for hydroxylation is 1. The minimum absolute atomic E-state index is 0.255. The van der Waals surface area contributed by atoms with E-state index in [4.69, 9.17) is 23.2 Å². The van der Waals surface area contributed by atoms with E-state index in [1.165, 1.54) is 11.6 Å². The molecule has 2 aromatic rings. The SMILES string of the molecule is Cc1ccc(/C=C/C(=O)Nc2cccc(Cl)c2Cl)cc1. The van der Waals surface area contributed by atoms with Gasteiger partial charge in [-0.1, -0.05) is 59.1 Å². The van der Waals surface area contributed by atoms with Crippen LogP contribution in [0.4, 0.5) is 5.69 Å². The lowest BCUT2D eigenvalue weighted by Gasteiger charge is -2.05. The number of carbonyl (C=O) groups is 1. The maximum atomic E-state index is 11.8. The van der Waals surface area contributed by atoms with Crippen molar-refractivity contribution in [2.24, 2.45) is 0 Å². The van der Waals surface area contributed by atoms with Crippen molar-refractivity contribution in [2.75, 3.05) is 5.32 Å². The lowest BCUT2D eigenvalue weighted by molar-refractivity contribution is -0.111. The third kappa shape index (κ3) is 3.86. The highest BCUT2D eigenvalue weighted by Crippen LogP contribution is 2.29. The van der Waals surface area contributed by atoms with Crippen molar-refractivity contribution in [3.05, 3.63) is 69.7 Å². The number of benzene rings is 2. The summed E-state index contributed by atoms with van der Waals surface area (Å²) in [5.74, 6) is -0.255. The smallest absolute Gasteiger partial charge is 0.248 e. The zero-order chi connectivity index (χ0) is 14.5. The summed E-state index contributed by atoms with van der Waals surface area (Å²) in [5, 5.41) is 3.44. The highest BCUT2D eigenvalue weighted by molar-refractivity contribution is 6.44. The van der Waals surface area contributed by atoms with Crippen LogP contribution in [0, 0.1) is 6.92 Å². The van der Waals surface area contributed by atoms with Crippen LogP contribution in [0.3, 0.4) is 0 Å². The number of anilines is 1. The van der Waals surface area contributed by atoms with Crippen LogP contribution in [0.1, 0.15) is 11.1 Å². The summed E-state index contributed by atoms with van der Waals surface area (Å²) in [6.07, 6.45) is 3.20. The number of rotatable bonds is 3. The van der Waals surface area contributed by atoms with E-state index in [9.17, 15) is 4.79 Å². The summed E-state index contributed by atoms with van der Waals surface area (Å²) in [4.78, 5) is 11.8. The molecule has 0 aliphatic heterocycles. The van der Waals surface area contributed by atoms with Crippen molar-refractivity contribution in [3.8, 4) is 0 Å². The van der Waals surface area contributed by atoms with Gasteiger partial charge in [0.1, 0.15) is 0 Å². The fraction of sp³-hybridized carbons (Fsp3) is 0.0625. The Hall–Kier alpha value is -1.77. The Morgan fingerprint density at radius 2 is 1.80 bits per heavy atom. The van der Waals surface area contributed by atoms with Gasteiger partial charge in [0.2, 0.25) is 5.91 Å². The Bertz CT molecular complexity index is 648. The average molecular weight is 306 g/mol. The molecule has 1 amide bonds. The molecule has 2 nitrogen and oxygen atoms in total. The van der Waals surface area contributed by atoms with E-state index in [2.05, 4.69) is 5.32 Å². The molecule has 20 heavy (non-hydrogen) atoms. The summed E-state index contributed by atoms with van der Waals surface area (Å²) in [5.41, 5.74) is 2.64. The third-order valence-electron chi connectivity index (χ3n) is 2.71. The quantitative estimate of drug-likeness (QED) is 0.798. The number of carbonyl (C=O) groups excluding carboxylic acids is 1. The van der Waals surface area contributed by atoms with Gasteiger partial charge in [-0.25, -0.2) is 0 Å². The molecule has 0 aromatic heterocycles. The molecule has 1 N–H and O–H groups in total. The van der Waals surface area contributed by atoms with Crippen LogP contribution in [0.15, 0.2) is 48.5 Å². The van der Waals surface area contributed by atoms with Gasteiger partial charge in [0.15, 0.2) is 0 Å². The minimum Gasteiger partial charge on any atom is -0.321 e. The van der Waals surface area contributed by atoms with Gasteiger partial charge in [-0.2, -0.15) is 0 Å². The number of halogens is 2.